The molecule has 2 rings (SSSR count). The second-order valence-electron chi connectivity index (χ2n) is 6.84. The Labute approximate surface area is 131 Å². The zero-order valence-corrected chi connectivity index (χ0v) is 14.2. The second kappa shape index (κ2) is 6.73. The summed E-state index contributed by atoms with van der Waals surface area (Å²) >= 11 is 1.44. The molecule has 1 aliphatic carbocycles. The molecule has 0 spiro atoms. The molecular formula is C17H25NO2S. The number of esters is 1. The fourth-order valence-corrected chi connectivity index (χ4v) is 3.71. The molecule has 1 aliphatic rings. The molecule has 3 nitrogen and oxygen atoms in total. The maximum absolute atomic E-state index is 11.4. The van der Waals surface area contributed by atoms with Crippen LogP contribution in [-0.2, 0) is 4.74 Å². The summed E-state index contributed by atoms with van der Waals surface area (Å²) in [4.78, 5) is 17.8. The molecule has 0 saturated heterocycles. The lowest BCUT2D eigenvalue weighted by molar-refractivity contribution is 0.0606. The van der Waals surface area contributed by atoms with Gasteiger partial charge in [-0.1, -0.05) is 20.8 Å². The van der Waals surface area contributed by atoms with Crippen LogP contribution in [0.5, 0.6) is 0 Å². The SMILES string of the molecule is COC(=O)c1ccc(C=NC2CCC(C(C)(C)C)CC2)s1. The Morgan fingerprint density at radius 2 is 1.95 bits per heavy atom. The molecule has 0 radical (unpaired) electrons. The van der Waals surface area contributed by atoms with Crippen LogP contribution in [0.15, 0.2) is 17.1 Å². The van der Waals surface area contributed by atoms with Crippen molar-refractivity contribution in [2.75, 3.05) is 7.11 Å². The summed E-state index contributed by atoms with van der Waals surface area (Å²) in [6.45, 7) is 7.00. The van der Waals surface area contributed by atoms with Crippen molar-refractivity contribution in [3.8, 4) is 0 Å². The minimum Gasteiger partial charge on any atom is -0.465 e. The molecule has 1 fully saturated rings. The van der Waals surface area contributed by atoms with Crippen molar-refractivity contribution in [3.63, 3.8) is 0 Å². The molecule has 0 bridgehead atoms. The van der Waals surface area contributed by atoms with Crippen LogP contribution in [0.1, 0.15) is 61.0 Å². The van der Waals surface area contributed by atoms with Gasteiger partial charge in [0.2, 0.25) is 0 Å². The normalized spacial score (nSPS) is 23.4. The van der Waals surface area contributed by atoms with Crippen molar-refractivity contribution in [3.05, 3.63) is 21.9 Å². The zero-order chi connectivity index (χ0) is 15.5. The van der Waals surface area contributed by atoms with Crippen LogP contribution in [0, 0.1) is 11.3 Å². The lowest BCUT2D eigenvalue weighted by Gasteiger charge is -2.35. The van der Waals surface area contributed by atoms with Crippen molar-refractivity contribution in [2.24, 2.45) is 16.3 Å². The molecule has 1 saturated carbocycles. The molecule has 0 N–H and O–H groups in total. The van der Waals surface area contributed by atoms with Gasteiger partial charge in [-0.15, -0.1) is 11.3 Å². The molecule has 0 aliphatic heterocycles. The quantitative estimate of drug-likeness (QED) is 0.606. The lowest BCUT2D eigenvalue weighted by atomic mass is 9.71. The van der Waals surface area contributed by atoms with Crippen molar-refractivity contribution in [1.82, 2.24) is 0 Å². The number of carbonyl (C=O) groups excluding carboxylic acids is 1. The number of hydrogen-bond donors (Lipinski definition) is 0. The largest absolute Gasteiger partial charge is 0.465 e. The molecule has 1 aromatic heterocycles. The minimum absolute atomic E-state index is 0.273. The summed E-state index contributed by atoms with van der Waals surface area (Å²) in [6.07, 6.45) is 6.80. The molecule has 0 atom stereocenters. The molecular weight excluding hydrogens is 282 g/mol. The van der Waals surface area contributed by atoms with E-state index in [-0.39, 0.29) is 5.97 Å². The summed E-state index contributed by atoms with van der Waals surface area (Å²) in [5.74, 6) is 0.543. The average molecular weight is 307 g/mol. The predicted octanol–water partition coefficient (Wildman–Crippen LogP) is 4.56. The zero-order valence-electron chi connectivity index (χ0n) is 13.4. The Hall–Kier alpha value is -1.16. The first kappa shape index (κ1) is 16.2. The van der Waals surface area contributed by atoms with Crippen molar-refractivity contribution in [1.29, 1.82) is 0 Å². The van der Waals surface area contributed by atoms with Crippen LogP contribution in [0.3, 0.4) is 0 Å². The Balaban J connectivity index is 1.88. The minimum atomic E-state index is -0.273. The highest BCUT2D eigenvalue weighted by molar-refractivity contribution is 7.15. The summed E-state index contributed by atoms with van der Waals surface area (Å²) in [6, 6.07) is 4.17. The van der Waals surface area contributed by atoms with E-state index in [4.69, 9.17) is 9.73 Å². The molecule has 21 heavy (non-hydrogen) atoms. The van der Waals surface area contributed by atoms with Gasteiger partial charge in [0.15, 0.2) is 0 Å². The first-order chi connectivity index (χ1) is 9.90. The van der Waals surface area contributed by atoms with Gasteiger partial charge in [-0.3, -0.25) is 4.99 Å². The van der Waals surface area contributed by atoms with E-state index in [0.29, 0.717) is 16.3 Å². The Kier molecular flexibility index (Phi) is 5.20. The predicted molar refractivity (Wildman–Crippen MR) is 88.5 cm³/mol. The summed E-state index contributed by atoms with van der Waals surface area (Å²) in [5, 5.41) is 0. The third-order valence-corrected chi connectivity index (χ3v) is 5.35. The van der Waals surface area contributed by atoms with Crippen LogP contribution >= 0.6 is 11.3 Å². The highest BCUT2D eigenvalue weighted by atomic mass is 32.1. The number of aliphatic imine (C=N–C) groups is 1. The van der Waals surface area contributed by atoms with E-state index >= 15 is 0 Å². The second-order valence-corrected chi connectivity index (χ2v) is 7.96. The Morgan fingerprint density at radius 3 is 2.52 bits per heavy atom. The Morgan fingerprint density at radius 1 is 1.29 bits per heavy atom. The monoisotopic (exact) mass is 307 g/mol. The number of methoxy groups -OCH3 is 1. The smallest absolute Gasteiger partial charge is 0.348 e. The number of ether oxygens (including phenoxy) is 1. The highest BCUT2D eigenvalue weighted by Gasteiger charge is 2.29. The first-order valence-corrected chi connectivity index (χ1v) is 8.43. The number of thiophene rings is 1. The van der Waals surface area contributed by atoms with E-state index < -0.39 is 0 Å². The number of rotatable bonds is 3. The summed E-state index contributed by atoms with van der Waals surface area (Å²) in [5.41, 5.74) is 0.415. The van der Waals surface area contributed by atoms with Crippen molar-refractivity contribution < 1.29 is 9.53 Å². The molecule has 116 valence electrons. The summed E-state index contributed by atoms with van der Waals surface area (Å²) < 4.78 is 4.71. The number of carbonyl (C=O) groups is 1. The average Bonchev–Trinajstić information content (AvgIpc) is 2.92. The van der Waals surface area contributed by atoms with E-state index in [2.05, 4.69) is 20.8 Å². The first-order valence-electron chi connectivity index (χ1n) is 7.61. The maximum atomic E-state index is 11.4. The molecule has 0 amide bonds. The van der Waals surface area contributed by atoms with Crippen LogP contribution in [-0.4, -0.2) is 25.3 Å². The number of nitrogens with zero attached hydrogens (tertiary/aromatic N) is 1. The van der Waals surface area contributed by atoms with Gasteiger partial charge in [0, 0.05) is 17.1 Å². The van der Waals surface area contributed by atoms with E-state index in [9.17, 15) is 4.79 Å². The molecule has 4 heteroatoms. The van der Waals surface area contributed by atoms with E-state index in [1.807, 2.05) is 12.3 Å². The lowest BCUT2D eigenvalue weighted by Crippen LogP contribution is -2.27. The molecule has 0 unspecified atom stereocenters. The van der Waals surface area contributed by atoms with Crippen molar-refractivity contribution >= 4 is 23.5 Å². The van der Waals surface area contributed by atoms with Crippen LogP contribution in [0.4, 0.5) is 0 Å². The van der Waals surface area contributed by atoms with Gasteiger partial charge in [0.05, 0.1) is 7.11 Å². The topological polar surface area (TPSA) is 38.7 Å². The molecule has 0 aromatic carbocycles. The number of hydrogen-bond acceptors (Lipinski definition) is 4. The van der Waals surface area contributed by atoms with Gasteiger partial charge < -0.3 is 4.74 Å². The Bertz CT molecular complexity index is 505. The standard InChI is InChI=1S/C17H25NO2S/c1-17(2,3)12-5-7-13(8-6-12)18-11-14-9-10-15(21-14)16(19)20-4/h9-13H,5-8H2,1-4H3. The van der Waals surface area contributed by atoms with E-state index in [1.165, 1.54) is 44.1 Å². The van der Waals surface area contributed by atoms with Gasteiger partial charge >= 0.3 is 5.97 Å². The maximum Gasteiger partial charge on any atom is 0.348 e. The molecule has 1 heterocycles. The van der Waals surface area contributed by atoms with Crippen molar-refractivity contribution in [2.45, 2.75) is 52.5 Å². The molecule has 1 aromatic rings. The fourth-order valence-electron chi connectivity index (χ4n) is 2.90. The van der Waals surface area contributed by atoms with Gasteiger partial charge in [-0.25, -0.2) is 4.79 Å². The van der Waals surface area contributed by atoms with Crippen LogP contribution in [0.25, 0.3) is 0 Å². The highest BCUT2D eigenvalue weighted by Crippen LogP contribution is 2.38. The van der Waals surface area contributed by atoms with E-state index in [1.54, 1.807) is 6.07 Å². The fraction of sp³-hybridized carbons (Fsp3) is 0.647. The van der Waals surface area contributed by atoms with Gasteiger partial charge in [0.25, 0.3) is 0 Å². The van der Waals surface area contributed by atoms with Gasteiger partial charge in [-0.05, 0) is 49.1 Å². The summed E-state index contributed by atoms with van der Waals surface area (Å²) in [7, 11) is 1.41. The van der Waals surface area contributed by atoms with Gasteiger partial charge in [-0.2, -0.15) is 0 Å². The third kappa shape index (κ3) is 4.40. The van der Waals surface area contributed by atoms with Crippen LogP contribution in [0.2, 0.25) is 0 Å². The van der Waals surface area contributed by atoms with Crippen LogP contribution < -0.4 is 0 Å². The van der Waals surface area contributed by atoms with E-state index in [0.717, 1.165) is 10.8 Å². The van der Waals surface area contributed by atoms with Gasteiger partial charge in [0.1, 0.15) is 4.88 Å². The third-order valence-electron chi connectivity index (χ3n) is 4.35.